The molecule has 1 heterocycles. The summed E-state index contributed by atoms with van der Waals surface area (Å²) in [4.78, 5) is 0. The molecule has 2 N–H and O–H groups in total. The number of rotatable bonds is 2. The fourth-order valence-electron chi connectivity index (χ4n) is 2.33. The molecule has 0 aromatic heterocycles. The lowest BCUT2D eigenvalue weighted by molar-refractivity contribution is 0.0422. The van der Waals surface area contributed by atoms with E-state index in [0.717, 1.165) is 26.1 Å². The molecule has 1 saturated heterocycles. The van der Waals surface area contributed by atoms with Gasteiger partial charge in [-0.25, -0.2) is 0 Å². The second-order valence-electron chi connectivity index (χ2n) is 4.92. The molecule has 1 aliphatic heterocycles. The lowest BCUT2D eigenvalue weighted by atomic mass is 9.88. The van der Waals surface area contributed by atoms with Crippen LogP contribution in [-0.4, -0.2) is 19.3 Å². The molecule has 88 valence electrons. The zero-order valence-electron chi connectivity index (χ0n) is 10.2. The topological polar surface area (TPSA) is 35.2 Å². The minimum atomic E-state index is 0.300. The SMILES string of the molecule is Cc1ccc(C)c(CC2COCCC2N)c1. The maximum Gasteiger partial charge on any atom is 0.0512 e. The molecule has 1 aliphatic rings. The normalized spacial score (nSPS) is 25.7. The van der Waals surface area contributed by atoms with Crippen molar-refractivity contribution in [1.82, 2.24) is 0 Å². The molecule has 2 heteroatoms. The van der Waals surface area contributed by atoms with E-state index in [1.54, 1.807) is 0 Å². The maximum atomic E-state index is 6.13. The van der Waals surface area contributed by atoms with Crippen molar-refractivity contribution in [2.75, 3.05) is 13.2 Å². The molecule has 2 rings (SSSR count). The van der Waals surface area contributed by atoms with E-state index in [4.69, 9.17) is 10.5 Å². The summed E-state index contributed by atoms with van der Waals surface area (Å²) in [5, 5.41) is 0. The molecule has 0 amide bonds. The molecular weight excluding hydrogens is 198 g/mol. The van der Waals surface area contributed by atoms with Crippen molar-refractivity contribution in [2.24, 2.45) is 11.7 Å². The van der Waals surface area contributed by atoms with Crippen LogP contribution in [0.3, 0.4) is 0 Å². The van der Waals surface area contributed by atoms with Gasteiger partial charge in [0.05, 0.1) is 6.61 Å². The Morgan fingerprint density at radius 3 is 2.94 bits per heavy atom. The first-order valence-corrected chi connectivity index (χ1v) is 6.06. The van der Waals surface area contributed by atoms with Crippen LogP contribution in [0.2, 0.25) is 0 Å². The van der Waals surface area contributed by atoms with Crippen LogP contribution in [0, 0.1) is 19.8 Å². The summed E-state index contributed by atoms with van der Waals surface area (Å²) in [6.45, 7) is 5.95. The number of nitrogens with two attached hydrogens (primary N) is 1. The molecule has 2 unspecified atom stereocenters. The van der Waals surface area contributed by atoms with Gasteiger partial charge < -0.3 is 10.5 Å². The molecule has 0 spiro atoms. The summed E-state index contributed by atoms with van der Waals surface area (Å²) in [7, 11) is 0. The van der Waals surface area contributed by atoms with Crippen molar-refractivity contribution >= 4 is 0 Å². The van der Waals surface area contributed by atoms with Gasteiger partial charge in [-0.2, -0.15) is 0 Å². The van der Waals surface area contributed by atoms with Crippen molar-refractivity contribution < 1.29 is 4.74 Å². The first kappa shape index (κ1) is 11.6. The van der Waals surface area contributed by atoms with Crippen LogP contribution in [0.1, 0.15) is 23.1 Å². The highest BCUT2D eigenvalue weighted by Crippen LogP contribution is 2.21. The van der Waals surface area contributed by atoms with Crippen molar-refractivity contribution in [3.05, 3.63) is 34.9 Å². The van der Waals surface area contributed by atoms with Crippen LogP contribution >= 0.6 is 0 Å². The van der Waals surface area contributed by atoms with Gasteiger partial charge in [-0.1, -0.05) is 23.8 Å². The summed E-state index contributed by atoms with van der Waals surface area (Å²) in [5.74, 6) is 0.481. The van der Waals surface area contributed by atoms with Gasteiger partial charge in [-0.3, -0.25) is 0 Å². The van der Waals surface area contributed by atoms with Gasteiger partial charge in [-0.15, -0.1) is 0 Å². The van der Waals surface area contributed by atoms with Crippen molar-refractivity contribution in [2.45, 2.75) is 32.7 Å². The van der Waals surface area contributed by atoms with Gasteiger partial charge in [0.15, 0.2) is 0 Å². The summed E-state index contributed by atoms with van der Waals surface area (Å²) < 4.78 is 5.51. The van der Waals surface area contributed by atoms with Crippen molar-refractivity contribution in [3.63, 3.8) is 0 Å². The van der Waals surface area contributed by atoms with E-state index in [2.05, 4.69) is 32.0 Å². The highest BCUT2D eigenvalue weighted by atomic mass is 16.5. The predicted octanol–water partition coefficient (Wildman–Crippen LogP) is 2.21. The minimum Gasteiger partial charge on any atom is -0.381 e. The molecule has 1 aromatic carbocycles. The number of benzene rings is 1. The van der Waals surface area contributed by atoms with E-state index in [9.17, 15) is 0 Å². The second kappa shape index (κ2) is 4.98. The number of hydrogen-bond acceptors (Lipinski definition) is 2. The molecule has 0 radical (unpaired) electrons. The standard InChI is InChI=1S/C14H21NO/c1-10-3-4-11(2)12(7-10)8-13-9-16-6-5-14(13)15/h3-4,7,13-14H,5-6,8-9,15H2,1-2H3. The predicted molar refractivity (Wildman–Crippen MR) is 66.5 cm³/mol. The third-order valence-corrected chi connectivity index (χ3v) is 3.52. The summed E-state index contributed by atoms with van der Waals surface area (Å²) >= 11 is 0. The van der Waals surface area contributed by atoms with Gasteiger partial charge >= 0.3 is 0 Å². The van der Waals surface area contributed by atoms with E-state index in [0.29, 0.717) is 12.0 Å². The Bertz CT molecular complexity index is 362. The quantitative estimate of drug-likeness (QED) is 0.827. The first-order valence-electron chi connectivity index (χ1n) is 6.06. The summed E-state index contributed by atoms with van der Waals surface area (Å²) in [6.07, 6.45) is 2.05. The Labute approximate surface area is 97.8 Å². The Morgan fingerprint density at radius 1 is 1.38 bits per heavy atom. The Balaban J connectivity index is 2.10. The van der Waals surface area contributed by atoms with Gasteiger partial charge in [-0.05, 0) is 37.8 Å². The smallest absolute Gasteiger partial charge is 0.0512 e. The number of aryl methyl sites for hydroxylation is 2. The number of ether oxygens (including phenoxy) is 1. The van der Waals surface area contributed by atoms with E-state index in [1.807, 2.05) is 0 Å². The molecule has 1 aromatic rings. The molecule has 1 fully saturated rings. The average molecular weight is 219 g/mol. The minimum absolute atomic E-state index is 0.300. The van der Waals surface area contributed by atoms with E-state index in [-0.39, 0.29) is 0 Å². The first-order chi connectivity index (χ1) is 7.66. The van der Waals surface area contributed by atoms with Crippen LogP contribution in [-0.2, 0) is 11.2 Å². The van der Waals surface area contributed by atoms with Crippen molar-refractivity contribution in [1.29, 1.82) is 0 Å². The largest absolute Gasteiger partial charge is 0.381 e. The summed E-state index contributed by atoms with van der Waals surface area (Å²) in [6, 6.07) is 6.93. The van der Waals surface area contributed by atoms with Crippen LogP contribution in [0.5, 0.6) is 0 Å². The highest BCUT2D eigenvalue weighted by Gasteiger charge is 2.23. The molecule has 0 aliphatic carbocycles. The molecular formula is C14H21NO. The van der Waals surface area contributed by atoms with E-state index >= 15 is 0 Å². The third kappa shape index (κ3) is 2.63. The molecule has 16 heavy (non-hydrogen) atoms. The van der Waals surface area contributed by atoms with Crippen molar-refractivity contribution in [3.8, 4) is 0 Å². The molecule has 2 nitrogen and oxygen atoms in total. The van der Waals surface area contributed by atoms with E-state index < -0.39 is 0 Å². The van der Waals surface area contributed by atoms with Crippen LogP contribution in [0.4, 0.5) is 0 Å². The monoisotopic (exact) mass is 219 g/mol. The highest BCUT2D eigenvalue weighted by molar-refractivity contribution is 5.31. The Morgan fingerprint density at radius 2 is 2.19 bits per heavy atom. The molecule has 0 bridgehead atoms. The van der Waals surface area contributed by atoms with Crippen LogP contribution < -0.4 is 5.73 Å². The fourth-order valence-corrected chi connectivity index (χ4v) is 2.33. The second-order valence-corrected chi connectivity index (χ2v) is 4.92. The zero-order valence-corrected chi connectivity index (χ0v) is 10.2. The Hall–Kier alpha value is -0.860. The van der Waals surface area contributed by atoms with Crippen LogP contribution in [0.25, 0.3) is 0 Å². The maximum absolute atomic E-state index is 6.13. The molecule has 0 saturated carbocycles. The summed E-state index contributed by atoms with van der Waals surface area (Å²) in [5.41, 5.74) is 10.2. The average Bonchev–Trinajstić information content (AvgIpc) is 2.27. The lowest BCUT2D eigenvalue weighted by Crippen LogP contribution is -2.39. The lowest BCUT2D eigenvalue weighted by Gasteiger charge is -2.29. The fraction of sp³-hybridized carbons (Fsp3) is 0.571. The number of hydrogen-bond donors (Lipinski definition) is 1. The third-order valence-electron chi connectivity index (χ3n) is 3.52. The van der Waals surface area contributed by atoms with E-state index in [1.165, 1.54) is 16.7 Å². The zero-order chi connectivity index (χ0) is 11.5. The van der Waals surface area contributed by atoms with Gasteiger partial charge in [0.25, 0.3) is 0 Å². The van der Waals surface area contributed by atoms with Gasteiger partial charge in [0.1, 0.15) is 0 Å². The Kier molecular flexibility index (Phi) is 3.62. The van der Waals surface area contributed by atoms with Gasteiger partial charge in [0.2, 0.25) is 0 Å². The van der Waals surface area contributed by atoms with Crippen LogP contribution in [0.15, 0.2) is 18.2 Å². The molecule has 2 atom stereocenters. The van der Waals surface area contributed by atoms with Gasteiger partial charge in [0, 0.05) is 18.6 Å².